The van der Waals surface area contributed by atoms with E-state index in [9.17, 15) is 19.8 Å². The third-order valence-corrected chi connectivity index (χ3v) is 6.22. The lowest BCUT2D eigenvalue weighted by molar-refractivity contribution is 0.0526. The molecule has 0 saturated heterocycles. The monoisotopic (exact) mass is 420 g/mol. The number of fused-ring (bicyclic) bond motifs is 6. The Morgan fingerprint density at radius 1 is 1.10 bits per heavy atom. The van der Waals surface area contributed by atoms with Crippen LogP contribution in [0.4, 0.5) is 0 Å². The van der Waals surface area contributed by atoms with E-state index in [4.69, 9.17) is 9.15 Å². The number of carbonyl (C=O) groups is 1. The lowest BCUT2D eigenvalue weighted by Gasteiger charge is -2.28. The van der Waals surface area contributed by atoms with Crippen molar-refractivity contribution in [2.75, 3.05) is 0 Å². The number of ether oxygens (including phenoxy) is 1. The van der Waals surface area contributed by atoms with Crippen LogP contribution in [0.3, 0.4) is 0 Å². The molecular weight excluding hydrogens is 396 g/mol. The molecule has 1 aliphatic heterocycles. The molecule has 6 heteroatoms. The highest BCUT2D eigenvalue weighted by Crippen LogP contribution is 2.46. The summed E-state index contributed by atoms with van der Waals surface area (Å²) in [6.07, 6.45) is 3.58. The van der Waals surface area contributed by atoms with E-state index in [0.29, 0.717) is 16.9 Å². The van der Waals surface area contributed by atoms with Gasteiger partial charge in [0.05, 0.1) is 22.1 Å². The van der Waals surface area contributed by atoms with Crippen LogP contribution in [0.2, 0.25) is 0 Å². The maximum atomic E-state index is 13.5. The second kappa shape index (κ2) is 5.98. The van der Waals surface area contributed by atoms with Crippen LogP contribution in [-0.4, -0.2) is 21.6 Å². The summed E-state index contributed by atoms with van der Waals surface area (Å²) in [5, 5.41) is 21.9. The van der Waals surface area contributed by atoms with Gasteiger partial charge in [-0.2, -0.15) is 0 Å². The molecule has 0 spiro atoms. The van der Waals surface area contributed by atoms with Crippen LogP contribution < -0.4 is 10.2 Å². The number of hydrogen-bond donors (Lipinski definition) is 2. The fourth-order valence-electron chi connectivity index (χ4n) is 4.79. The first-order valence-corrected chi connectivity index (χ1v) is 10.4. The average molecular weight is 420 g/mol. The summed E-state index contributed by atoms with van der Waals surface area (Å²) < 4.78 is 12.1. The number of phenols is 1. The fraction of sp³-hybridized carbons (Fsp3) is 0.360. The normalized spacial score (nSPS) is 21.6. The van der Waals surface area contributed by atoms with Crippen LogP contribution in [-0.2, 0) is 5.60 Å². The van der Waals surface area contributed by atoms with Crippen molar-refractivity contribution < 1.29 is 24.2 Å². The van der Waals surface area contributed by atoms with Gasteiger partial charge in [0.15, 0.2) is 11.4 Å². The van der Waals surface area contributed by atoms with Crippen molar-refractivity contribution in [1.82, 2.24) is 0 Å². The van der Waals surface area contributed by atoms with E-state index in [1.54, 1.807) is 19.1 Å². The molecule has 160 valence electrons. The predicted octanol–water partition coefficient (Wildman–Crippen LogP) is 4.75. The van der Waals surface area contributed by atoms with Gasteiger partial charge in [0.2, 0.25) is 5.43 Å². The first-order chi connectivity index (χ1) is 14.4. The molecule has 1 unspecified atom stereocenters. The molecule has 1 aromatic heterocycles. The summed E-state index contributed by atoms with van der Waals surface area (Å²) in [6, 6.07) is 3.11. The van der Waals surface area contributed by atoms with Gasteiger partial charge in [0, 0.05) is 18.1 Å². The largest absolute Gasteiger partial charge is 0.507 e. The molecule has 0 bridgehead atoms. The molecule has 0 saturated carbocycles. The van der Waals surface area contributed by atoms with Crippen LogP contribution in [0, 0.1) is 0 Å². The Balaban J connectivity index is 1.99. The van der Waals surface area contributed by atoms with Crippen molar-refractivity contribution in [3.05, 3.63) is 50.7 Å². The molecule has 2 aliphatic rings. The number of carbonyl (C=O) groups excluding carboxylic acids is 1. The summed E-state index contributed by atoms with van der Waals surface area (Å²) in [5.74, 6) is -0.132. The minimum absolute atomic E-state index is 0.0266. The lowest BCUT2D eigenvalue weighted by atomic mass is 9.86. The highest BCUT2D eigenvalue weighted by atomic mass is 16.5. The Bertz CT molecular complexity index is 1400. The Hall–Kier alpha value is -3.12. The molecule has 1 atom stereocenters. The molecule has 31 heavy (non-hydrogen) atoms. The summed E-state index contributed by atoms with van der Waals surface area (Å²) in [6.45, 7) is 9.26. The van der Waals surface area contributed by atoms with Crippen LogP contribution in [0.15, 0.2) is 27.4 Å². The van der Waals surface area contributed by atoms with Crippen molar-refractivity contribution >= 4 is 33.8 Å². The van der Waals surface area contributed by atoms with E-state index < -0.39 is 16.6 Å². The van der Waals surface area contributed by atoms with E-state index in [0.717, 1.165) is 5.56 Å². The highest BCUT2D eigenvalue weighted by Gasteiger charge is 2.43. The van der Waals surface area contributed by atoms with Crippen LogP contribution in [0.1, 0.15) is 74.0 Å². The van der Waals surface area contributed by atoms with Crippen molar-refractivity contribution in [3.8, 4) is 11.5 Å². The number of aliphatic hydroxyl groups is 1. The second-order valence-corrected chi connectivity index (χ2v) is 9.60. The van der Waals surface area contributed by atoms with Crippen LogP contribution in [0.25, 0.3) is 28.0 Å². The van der Waals surface area contributed by atoms with E-state index in [1.165, 1.54) is 6.07 Å². The molecule has 6 nitrogen and oxygen atoms in total. The zero-order chi connectivity index (χ0) is 22.5. The third kappa shape index (κ3) is 2.67. The van der Waals surface area contributed by atoms with Gasteiger partial charge < -0.3 is 19.4 Å². The molecule has 2 N–H and O–H groups in total. The van der Waals surface area contributed by atoms with Crippen LogP contribution >= 0.6 is 0 Å². The van der Waals surface area contributed by atoms with Gasteiger partial charge in [-0.3, -0.25) is 9.59 Å². The van der Waals surface area contributed by atoms with Crippen LogP contribution in [0.5, 0.6) is 11.5 Å². The van der Waals surface area contributed by atoms with E-state index in [2.05, 4.69) is 0 Å². The number of rotatable bonds is 1. The minimum Gasteiger partial charge on any atom is -0.507 e. The number of Topliss-reactive ketones (excluding diaryl/α,β-unsaturated/α-hetero) is 1. The van der Waals surface area contributed by atoms with E-state index >= 15 is 0 Å². The highest BCUT2D eigenvalue weighted by molar-refractivity contribution is 6.13. The molecule has 0 radical (unpaired) electrons. The van der Waals surface area contributed by atoms with E-state index in [1.807, 2.05) is 33.8 Å². The summed E-state index contributed by atoms with van der Waals surface area (Å²) in [5.41, 5.74) is 0.0126. The average Bonchev–Trinajstić information content (AvgIpc) is 2.89. The maximum absolute atomic E-state index is 13.5. The Morgan fingerprint density at radius 2 is 1.81 bits per heavy atom. The van der Waals surface area contributed by atoms with Crippen molar-refractivity contribution in [1.29, 1.82) is 0 Å². The SMILES string of the molecule is CC(C)c1cc2c(=O)c3c(O)cc4c(c3oc2c2c1C(C)(O)CC2=O)C=CC(C)(C)O4. The van der Waals surface area contributed by atoms with Crippen molar-refractivity contribution in [3.63, 3.8) is 0 Å². The lowest BCUT2D eigenvalue weighted by Crippen LogP contribution is -2.27. The van der Waals surface area contributed by atoms with Crippen molar-refractivity contribution in [2.24, 2.45) is 0 Å². The zero-order valence-corrected chi connectivity index (χ0v) is 18.1. The third-order valence-electron chi connectivity index (χ3n) is 6.22. The Morgan fingerprint density at radius 3 is 2.48 bits per heavy atom. The quantitative estimate of drug-likeness (QED) is 0.551. The summed E-state index contributed by atoms with van der Waals surface area (Å²) >= 11 is 0. The summed E-state index contributed by atoms with van der Waals surface area (Å²) in [7, 11) is 0. The van der Waals surface area contributed by atoms with Gasteiger partial charge in [-0.15, -0.1) is 0 Å². The minimum atomic E-state index is -1.33. The Kier molecular flexibility index (Phi) is 3.82. The zero-order valence-electron chi connectivity index (χ0n) is 18.1. The second-order valence-electron chi connectivity index (χ2n) is 9.60. The predicted molar refractivity (Wildman–Crippen MR) is 118 cm³/mol. The van der Waals surface area contributed by atoms with Gasteiger partial charge in [-0.05, 0) is 50.5 Å². The van der Waals surface area contributed by atoms with Crippen molar-refractivity contribution in [2.45, 2.75) is 58.2 Å². The molecule has 5 rings (SSSR count). The molecule has 0 fully saturated rings. The molecule has 1 aliphatic carbocycles. The first kappa shape index (κ1) is 19.8. The molecule has 2 aromatic carbocycles. The van der Waals surface area contributed by atoms with Gasteiger partial charge >= 0.3 is 0 Å². The molecule has 0 amide bonds. The number of benzene rings is 2. The maximum Gasteiger partial charge on any atom is 0.204 e. The molecule has 3 aromatic rings. The smallest absolute Gasteiger partial charge is 0.204 e. The number of phenolic OH excluding ortho intramolecular Hbond substituents is 1. The fourth-order valence-corrected chi connectivity index (χ4v) is 4.79. The molecule has 2 heterocycles. The number of aromatic hydroxyl groups is 1. The molecular formula is C25H24O6. The summed E-state index contributed by atoms with van der Waals surface area (Å²) in [4.78, 5) is 26.5. The van der Waals surface area contributed by atoms with E-state index in [-0.39, 0.29) is 51.4 Å². The number of hydrogen-bond acceptors (Lipinski definition) is 6. The first-order valence-electron chi connectivity index (χ1n) is 10.4. The van der Waals surface area contributed by atoms with Gasteiger partial charge in [-0.1, -0.05) is 13.8 Å². The van der Waals surface area contributed by atoms with Gasteiger partial charge in [0.25, 0.3) is 0 Å². The Labute approximate surface area is 178 Å². The van der Waals surface area contributed by atoms with Gasteiger partial charge in [0.1, 0.15) is 28.1 Å². The topological polar surface area (TPSA) is 97.0 Å². The number of ketones is 1. The standard InChI is InChI=1S/C25H24O6/c1-11(2)13-8-14-21(28)19-15(26)9-17-12(6-7-24(3,4)31-17)22(19)30-23(14)18-16(27)10-25(5,29)20(13)18/h6-9,11,26,29H,10H2,1-5H3. The van der Waals surface area contributed by atoms with Gasteiger partial charge in [-0.25, -0.2) is 0 Å².